The van der Waals surface area contributed by atoms with E-state index in [0.717, 1.165) is 11.3 Å². The maximum atomic E-state index is 11.0. The maximum absolute atomic E-state index is 11.0. The molecule has 6 nitrogen and oxygen atoms in total. The van der Waals surface area contributed by atoms with Crippen LogP contribution in [0.4, 0.5) is 0 Å². The number of pyridine rings is 4. The lowest BCUT2D eigenvalue weighted by molar-refractivity contribution is 0.823. The quantitative estimate of drug-likeness (QED) is 0.186. The van der Waals surface area contributed by atoms with Gasteiger partial charge in [0.1, 0.15) is 0 Å². The zero-order chi connectivity index (χ0) is 45.2. The number of benzene rings is 1. The summed E-state index contributed by atoms with van der Waals surface area (Å²) in [7, 11) is 0. The smallest absolute Gasteiger partial charge is 0.251 e. The SMILES string of the molecule is CC.CC.CC.CC.CC.CC(C)c1ccc(=O)[nH]c1.CC(C)c1ccc[nH]c1=O.CC(C)c1ccccc1.CC(C)c1ccccn1.CC(C)c1cccnc1. The van der Waals surface area contributed by atoms with Crippen LogP contribution in [0.1, 0.15) is 196 Å². The van der Waals surface area contributed by atoms with E-state index in [4.69, 9.17) is 0 Å². The third kappa shape index (κ3) is 34.4. The van der Waals surface area contributed by atoms with Gasteiger partial charge in [0.25, 0.3) is 5.56 Å². The standard InChI is InChI=1S/C9H12.2C8H11NO.2C8H11N.5C2H6/c1-8(2)9-6-4-3-5-7-9;1-6(2)7-3-4-8(10)9-5-7;1-6(2)7-4-3-5-9-8(7)10;1-7(2)8-4-3-5-9-6-8;1-7(2)8-5-3-4-6-9-8;5*1-2/h3-8H,1-2H3;2*3-6H,1-2H3,(H,9,10);2*3-7H,1-2H3;5*1-2H3. The zero-order valence-electron chi connectivity index (χ0n) is 40.1. The fourth-order valence-corrected chi connectivity index (χ4v) is 3.94. The van der Waals surface area contributed by atoms with Crippen molar-refractivity contribution in [1.82, 2.24) is 19.9 Å². The highest BCUT2D eigenvalue weighted by Crippen LogP contribution is 2.12. The summed E-state index contributed by atoms with van der Waals surface area (Å²) in [5.74, 6) is 2.60. The summed E-state index contributed by atoms with van der Waals surface area (Å²) in [6.07, 6.45) is 8.94. The molecular weight excluding hydrogens is 701 g/mol. The van der Waals surface area contributed by atoms with E-state index < -0.39 is 0 Å². The van der Waals surface area contributed by atoms with E-state index in [0.29, 0.717) is 29.6 Å². The molecule has 5 rings (SSSR count). The monoisotopic (exact) mass is 787 g/mol. The number of hydrogen-bond donors (Lipinski definition) is 2. The fraction of sp³-hybridized carbons (Fsp3) is 0.490. The zero-order valence-corrected chi connectivity index (χ0v) is 40.1. The molecule has 1 aromatic carbocycles. The van der Waals surface area contributed by atoms with Crippen LogP contribution in [0, 0.1) is 0 Å². The van der Waals surface area contributed by atoms with Crippen LogP contribution < -0.4 is 11.1 Å². The Morgan fingerprint density at radius 3 is 1.25 bits per heavy atom. The predicted molar refractivity (Wildman–Crippen MR) is 256 cm³/mol. The Hall–Kier alpha value is -4.58. The van der Waals surface area contributed by atoms with Gasteiger partial charge >= 0.3 is 0 Å². The highest BCUT2D eigenvalue weighted by atomic mass is 16.1. The van der Waals surface area contributed by atoms with E-state index in [2.05, 4.69) is 106 Å². The highest BCUT2D eigenvalue weighted by Gasteiger charge is 2.01. The summed E-state index contributed by atoms with van der Waals surface area (Å²) in [5, 5.41) is 0. The molecule has 0 amide bonds. The van der Waals surface area contributed by atoms with Crippen LogP contribution in [-0.4, -0.2) is 19.9 Å². The Morgan fingerprint density at radius 2 is 0.947 bits per heavy atom. The number of hydrogen-bond acceptors (Lipinski definition) is 4. The van der Waals surface area contributed by atoms with Gasteiger partial charge in [-0.05, 0) is 70.5 Å². The first-order valence-corrected chi connectivity index (χ1v) is 21.5. The summed E-state index contributed by atoms with van der Waals surface area (Å²) >= 11 is 0. The van der Waals surface area contributed by atoms with E-state index in [9.17, 15) is 9.59 Å². The third-order valence-corrected chi connectivity index (χ3v) is 7.04. The van der Waals surface area contributed by atoms with Crippen molar-refractivity contribution < 1.29 is 0 Å². The molecule has 4 heterocycles. The molecular formula is C51H86N4O2. The van der Waals surface area contributed by atoms with Gasteiger partial charge in [-0.1, -0.05) is 193 Å². The minimum Gasteiger partial charge on any atom is -0.329 e. The molecule has 0 unspecified atom stereocenters. The lowest BCUT2D eigenvalue weighted by atomic mass is 10.0. The van der Waals surface area contributed by atoms with Crippen molar-refractivity contribution in [3.8, 4) is 0 Å². The van der Waals surface area contributed by atoms with Gasteiger partial charge in [0.2, 0.25) is 5.56 Å². The van der Waals surface area contributed by atoms with Crippen molar-refractivity contribution in [3.05, 3.63) is 165 Å². The summed E-state index contributed by atoms with van der Waals surface area (Å²) in [6, 6.07) is 27.7. The van der Waals surface area contributed by atoms with E-state index in [1.54, 1.807) is 24.7 Å². The summed E-state index contributed by atoms with van der Waals surface area (Å²) in [6.45, 7) is 41.2. The topological polar surface area (TPSA) is 91.5 Å². The molecule has 57 heavy (non-hydrogen) atoms. The summed E-state index contributed by atoms with van der Waals surface area (Å²) in [4.78, 5) is 35.0. The summed E-state index contributed by atoms with van der Waals surface area (Å²) < 4.78 is 0. The molecule has 0 radical (unpaired) electrons. The first-order chi connectivity index (χ1) is 27.3. The maximum Gasteiger partial charge on any atom is 0.251 e. The van der Waals surface area contributed by atoms with Gasteiger partial charge in [-0.15, -0.1) is 0 Å². The Labute approximate surface area is 351 Å². The van der Waals surface area contributed by atoms with Crippen LogP contribution in [0.25, 0.3) is 0 Å². The molecule has 2 N–H and O–H groups in total. The normalized spacial score (nSPS) is 8.93. The fourth-order valence-electron chi connectivity index (χ4n) is 3.94. The second-order valence-electron chi connectivity index (χ2n) is 12.7. The molecule has 0 aliphatic rings. The van der Waals surface area contributed by atoms with E-state index in [1.807, 2.05) is 144 Å². The highest BCUT2D eigenvalue weighted by molar-refractivity contribution is 5.18. The van der Waals surface area contributed by atoms with Gasteiger partial charge in [0.05, 0.1) is 0 Å². The molecule has 4 aromatic heterocycles. The Bertz CT molecular complexity index is 1470. The molecule has 6 heteroatoms. The van der Waals surface area contributed by atoms with Gasteiger partial charge in [0, 0.05) is 48.3 Å². The van der Waals surface area contributed by atoms with Crippen LogP contribution in [0.3, 0.4) is 0 Å². The molecule has 0 atom stereocenters. The molecule has 0 spiro atoms. The lowest BCUT2D eigenvalue weighted by Crippen LogP contribution is -2.11. The molecule has 0 bridgehead atoms. The Kier molecular flexibility index (Phi) is 47.7. The van der Waals surface area contributed by atoms with Gasteiger partial charge < -0.3 is 9.97 Å². The number of nitrogens with zero attached hydrogens (tertiary/aromatic N) is 2. The predicted octanol–water partition coefficient (Wildman–Crippen LogP) is 15.3. The molecule has 0 saturated heterocycles. The lowest BCUT2D eigenvalue weighted by Gasteiger charge is -2.01. The van der Waals surface area contributed by atoms with Crippen molar-refractivity contribution in [2.75, 3.05) is 0 Å². The van der Waals surface area contributed by atoms with Crippen molar-refractivity contribution in [2.45, 2.75) is 168 Å². The number of aromatic amines is 2. The first kappa shape index (κ1) is 61.6. The van der Waals surface area contributed by atoms with Crippen LogP contribution in [0.2, 0.25) is 0 Å². The molecule has 0 aliphatic carbocycles. The average Bonchev–Trinajstić information content (AvgIpc) is 3.26. The second kappa shape index (κ2) is 44.1. The number of rotatable bonds is 5. The van der Waals surface area contributed by atoms with Crippen LogP contribution >= 0.6 is 0 Å². The molecule has 322 valence electrons. The minimum absolute atomic E-state index is 0.0255. The van der Waals surface area contributed by atoms with Crippen LogP contribution in [0.15, 0.2) is 126 Å². The largest absolute Gasteiger partial charge is 0.329 e. The van der Waals surface area contributed by atoms with Gasteiger partial charge in [-0.3, -0.25) is 19.6 Å². The summed E-state index contributed by atoms with van der Waals surface area (Å²) in [5.41, 5.74) is 5.89. The van der Waals surface area contributed by atoms with Crippen molar-refractivity contribution >= 4 is 0 Å². The minimum atomic E-state index is -0.0376. The van der Waals surface area contributed by atoms with Gasteiger partial charge in [-0.2, -0.15) is 0 Å². The van der Waals surface area contributed by atoms with Gasteiger partial charge in [0.15, 0.2) is 0 Å². The number of aromatic nitrogens is 4. The molecule has 5 aromatic rings. The molecule has 0 aliphatic heterocycles. The number of nitrogens with one attached hydrogen (secondary N) is 2. The Morgan fingerprint density at radius 1 is 0.439 bits per heavy atom. The molecule has 0 fully saturated rings. The van der Waals surface area contributed by atoms with Crippen LogP contribution in [0.5, 0.6) is 0 Å². The Balaban J connectivity index is -0.000000187. The first-order valence-electron chi connectivity index (χ1n) is 21.5. The van der Waals surface area contributed by atoms with E-state index in [1.165, 1.54) is 16.7 Å². The van der Waals surface area contributed by atoms with E-state index in [-0.39, 0.29) is 11.1 Å². The van der Waals surface area contributed by atoms with Crippen molar-refractivity contribution in [1.29, 1.82) is 0 Å². The van der Waals surface area contributed by atoms with Gasteiger partial charge in [-0.25, -0.2) is 0 Å². The van der Waals surface area contributed by atoms with Crippen molar-refractivity contribution in [3.63, 3.8) is 0 Å². The third-order valence-electron chi connectivity index (χ3n) is 7.04. The average molecular weight is 787 g/mol. The molecule has 0 saturated carbocycles. The number of H-pyrrole nitrogens is 2. The van der Waals surface area contributed by atoms with E-state index >= 15 is 0 Å². The van der Waals surface area contributed by atoms with Crippen molar-refractivity contribution in [2.24, 2.45) is 0 Å². The van der Waals surface area contributed by atoms with Crippen LogP contribution in [-0.2, 0) is 0 Å². The second-order valence-corrected chi connectivity index (χ2v) is 12.7.